The van der Waals surface area contributed by atoms with Gasteiger partial charge in [-0.2, -0.15) is 48.6 Å². The number of carbonyl (C=O) groups excluding carboxylic acids is 1. The van der Waals surface area contributed by atoms with Crippen LogP contribution in [0.25, 0.3) is 10.8 Å². The van der Waals surface area contributed by atoms with E-state index in [4.69, 9.17) is 21.9 Å². The standard InChI is InChI=1S/C28H24ClN9O16S5/c29-25-34-27(32-15-1-4-17(5-2-15)55(40,41)8-7-54-59(51,52)53)36-28(35-25)33-21-11-16(31-26(30)39)3-6-20(21)37-38-22-13-19-14(10-24(22)58(48,49)50)9-18(56(42,43)44)12-23(19)57(45,46)47/h1-6,9-13H,7-8H2,(H3,30,31,39)(H,42,43,44)(H,45,46,47)(H,48,49,50)(H,51,52,53)(H2,32,33,34,35,36). The van der Waals surface area contributed by atoms with Gasteiger partial charge in [0.1, 0.15) is 21.2 Å². The lowest BCUT2D eigenvalue weighted by Gasteiger charge is -2.12. The summed E-state index contributed by atoms with van der Waals surface area (Å²) in [6.45, 7) is -0.847. The second-order valence-electron chi connectivity index (χ2n) is 11.4. The Morgan fingerprint density at radius 1 is 0.678 bits per heavy atom. The molecule has 1 aromatic heterocycles. The van der Waals surface area contributed by atoms with Crippen molar-refractivity contribution in [1.29, 1.82) is 0 Å². The Bertz CT molecular complexity index is 3120. The van der Waals surface area contributed by atoms with Gasteiger partial charge < -0.3 is 21.7 Å². The zero-order valence-electron chi connectivity index (χ0n) is 28.7. The van der Waals surface area contributed by atoms with E-state index in [-0.39, 0.29) is 39.5 Å². The van der Waals surface area contributed by atoms with Crippen LogP contribution in [-0.4, -0.2) is 93.6 Å². The molecule has 0 fully saturated rings. The number of hydrogen-bond donors (Lipinski definition) is 8. The summed E-state index contributed by atoms with van der Waals surface area (Å²) < 4.78 is 161. The number of nitrogens with one attached hydrogen (secondary N) is 3. The van der Waals surface area contributed by atoms with Crippen molar-refractivity contribution in [2.45, 2.75) is 19.6 Å². The van der Waals surface area contributed by atoms with Crippen LogP contribution in [0, 0.1) is 0 Å². The molecule has 5 rings (SSSR count). The van der Waals surface area contributed by atoms with Crippen LogP contribution in [0.4, 0.5) is 45.1 Å². The molecule has 5 aromatic rings. The Kier molecular flexibility index (Phi) is 12.5. The first kappa shape index (κ1) is 44.6. The van der Waals surface area contributed by atoms with Gasteiger partial charge in [-0.15, -0.1) is 10.2 Å². The molecular weight excluding hydrogens is 914 g/mol. The van der Waals surface area contributed by atoms with Gasteiger partial charge >= 0.3 is 16.4 Å². The van der Waals surface area contributed by atoms with Crippen LogP contribution in [0.15, 0.2) is 96.5 Å². The highest BCUT2D eigenvalue weighted by molar-refractivity contribution is 7.91. The fourth-order valence-corrected chi connectivity index (χ4v) is 8.48. The molecule has 0 aliphatic heterocycles. The van der Waals surface area contributed by atoms with Crippen molar-refractivity contribution in [3.8, 4) is 0 Å². The third-order valence-electron chi connectivity index (χ3n) is 7.26. The van der Waals surface area contributed by atoms with E-state index in [2.05, 4.69) is 45.3 Å². The number of primary amides is 1. The van der Waals surface area contributed by atoms with Gasteiger partial charge in [0.25, 0.3) is 30.4 Å². The highest BCUT2D eigenvalue weighted by atomic mass is 35.5. The molecule has 0 radical (unpaired) electrons. The first-order valence-electron chi connectivity index (χ1n) is 15.2. The maximum absolute atomic E-state index is 12.5. The van der Waals surface area contributed by atoms with Crippen molar-refractivity contribution in [2.24, 2.45) is 16.0 Å². The highest BCUT2D eigenvalue weighted by Crippen LogP contribution is 2.38. The van der Waals surface area contributed by atoms with Gasteiger partial charge in [-0.1, -0.05) is 0 Å². The Balaban J connectivity index is 1.52. The molecule has 0 saturated heterocycles. The van der Waals surface area contributed by atoms with E-state index in [1.54, 1.807) is 0 Å². The fourth-order valence-electron chi connectivity index (χ4n) is 4.84. The van der Waals surface area contributed by atoms with Crippen molar-refractivity contribution in [2.75, 3.05) is 28.3 Å². The molecule has 314 valence electrons. The van der Waals surface area contributed by atoms with E-state index in [9.17, 15) is 60.5 Å². The number of carbonyl (C=O) groups is 1. The minimum Gasteiger partial charge on any atom is -0.351 e. The lowest BCUT2D eigenvalue weighted by molar-refractivity contribution is 0.259. The monoisotopic (exact) mass is 937 g/mol. The van der Waals surface area contributed by atoms with E-state index in [1.807, 2.05) is 0 Å². The van der Waals surface area contributed by atoms with Gasteiger partial charge in [0.15, 0.2) is 9.84 Å². The minimum absolute atomic E-state index is 0.0498. The molecular formula is C28H24ClN9O16S5. The van der Waals surface area contributed by atoms with E-state index < -0.39 is 105 Å². The van der Waals surface area contributed by atoms with Crippen LogP contribution in [0.5, 0.6) is 0 Å². The Labute approximate surface area is 337 Å². The molecule has 4 aromatic carbocycles. The van der Waals surface area contributed by atoms with Crippen LogP contribution >= 0.6 is 11.6 Å². The topological polar surface area (TPSA) is 403 Å². The molecule has 0 bridgehead atoms. The van der Waals surface area contributed by atoms with Gasteiger partial charge in [0, 0.05) is 16.8 Å². The third kappa shape index (κ3) is 11.8. The van der Waals surface area contributed by atoms with Crippen LogP contribution in [0.1, 0.15) is 0 Å². The summed E-state index contributed by atoms with van der Waals surface area (Å²) in [6.07, 6.45) is 0. The molecule has 0 spiro atoms. The van der Waals surface area contributed by atoms with E-state index >= 15 is 0 Å². The lowest BCUT2D eigenvalue weighted by Crippen LogP contribution is -2.19. The van der Waals surface area contributed by atoms with Crippen molar-refractivity contribution < 1.29 is 69.3 Å². The van der Waals surface area contributed by atoms with Gasteiger partial charge in [-0.25, -0.2) is 17.4 Å². The summed E-state index contributed by atoms with van der Waals surface area (Å²) >= 11 is 6.12. The average molecular weight is 938 g/mol. The van der Waals surface area contributed by atoms with Crippen molar-refractivity contribution in [3.05, 3.63) is 72.0 Å². The maximum Gasteiger partial charge on any atom is 0.397 e. The maximum atomic E-state index is 12.5. The lowest BCUT2D eigenvalue weighted by atomic mass is 10.1. The van der Waals surface area contributed by atoms with Gasteiger partial charge in [-0.3, -0.25) is 18.2 Å². The molecule has 31 heteroatoms. The van der Waals surface area contributed by atoms with Crippen LogP contribution in [0.3, 0.4) is 0 Å². The predicted molar refractivity (Wildman–Crippen MR) is 205 cm³/mol. The summed E-state index contributed by atoms with van der Waals surface area (Å²) in [4.78, 5) is 20.3. The smallest absolute Gasteiger partial charge is 0.351 e. The molecule has 0 saturated carbocycles. The normalized spacial score (nSPS) is 12.8. The molecule has 0 aliphatic carbocycles. The third-order valence-corrected chi connectivity index (χ3v) is 12.2. The number of nitrogens with two attached hydrogens (primary N) is 1. The van der Waals surface area contributed by atoms with Crippen molar-refractivity contribution >= 4 is 119 Å². The van der Waals surface area contributed by atoms with E-state index in [1.165, 1.54) is 30.3 Å². The number of benzene rings is 4. The number of nitrogens with zero attached hydrogens (tertiary/aromatic N) is 5. The first-order chi connectivity index (χ1) is 27.2. The molecule has 59 heavy (non-hydrogen) atoms. The zero-order valence-corrected chi connectivity index (χ0v) is 33.5. The van der Waals surface area contributed by atoms with Crippen molar-refractivity contribution in [1.82, 2.24) is 15.0 Å². The van der Waals surface area contributed by atoms with Crippen LogP contribution in [-0.2, 0) is 54.8 Å². The summed E-state index contributed by atoms with van der Waals surface area (Å²) in [5.41, 5.74) is 4.46. The Morgan fingerprint density at radius 3 is 1.85 bits per heavy atom. The number of aromatic nitrogens is 3. The summed E-state index contributed by atoms with van der Waals surface area (Å²) in [6, 6.07) is 10.0. The first-order valence-corrected chi connectivity index (χ1v) is 23.0. The van der Waals surface area contributed by atoms with Gasteiger partial charge in [-0.05, 0) is 83.7 Å². The Hall–Kier alpha value is -5.54. The molecule has 1 heterocycles. The second kappa shape index (κ2) is 16.6. The number of azo groups is 1. The number of fused-ring (bicyclic) bond motifs is 1. The summed E-state index contributed by atoms with van der Waals surface area (Å²) in [7, 11) is -24.5. The number of halogens is 1. The number of urea groups is 1. The molecule has 9 N–H and O–H groups in total. The van der Waals surface area contributed by atoms with Gasteiger partial charge in [0.05, 0.1) is 27.8 Å². The average Bonchev–Trinajstić information content (AvgIpc) is 3.08. The fraction of sp³-hybridized carbons (Fsp3) is 0.0714. The molecule has 0 atom stereocenters. The van der Waals surface area contributed by atoms with E-state index in [0.29, 0.717) is 18.2 Å². The SMILES string of the molecule is NC(=O)Nc1ccc(N=Nc2cc3c(S(=O)(=O)O)cc(S(=O)(=O)O)cc3cc2S(=O)(=O)O)c(Nc2nc(Cl)nc(Nc3ccc(S(=O)(=O)CCOS(=O)(=O)O)cc3)n2)c1. The molecule has 0 unspecified atom stereocenters. The summed E-state index contributed by atoms with van der Waals surface area (Å²) in [5, 5.41) is 14.2. The van der Waals surface area contributed by atoms with Gasteiger partial charge in [0.2, 0.25) is 17.2 Å². The predicted octanol–water partition coefficient (Wildman–Crippen LogP) is 3.40. The van der Waals surface area contributed by atoms with Crippen molar-refractivity contribution in [3.63, 3.8) is 0 Å². The number of anilines is 5. The summed E-state index contributed by atoms with van der Waals surface area (Å²) in [5.74, 6) is -1.32. The highest BCUT2D eigenvalue weighted by Gasteiger charge is 2.25. The molecule has 2 amide bonds. The Morgan fingerprint density at radius 2 is 1.27 bits per heavy atom. The zero-order chi connectivity index (χ0) is 43.7. The number of rotatable bonds is 15. The van der Waals surface area contributed by atoms with Crippen LogP contribution in [0.2, 0.25) is 5.28 Å². The molecule has 25 nitrogen and oxygen atoms in total. The van der Waals surface area contributed by atoms with E-state index in [0.717, 1.165) is 18.2 Å². The quantitative estimate of drug-likeness (QED) is 0.0550. The largest absolute Gasteiger partial charge is 0.397 e. The van der Waals surface area contributed by atoms with Crippen LogP contribution < -0.4 is 21.7 Å². The number of hydrogen-bond acceptors (Lipinski definition) is 19. The number of amides is 2. The number of sulfone groups is 1. The molecule has 0 aliphatic rings. The second-order valence-corrected chi connectivity index (χ2v) is 19.1. The minimum atomic E-state index is -5.24.